The molecule has 0 saturated carbocycles. The Morgan fingerprint density at radius 1 is 1.33 bits per heavy atom. The lowest BCUT2D eigenvalue weighted by atomic mass is 10.1. The second kappa shape index (κ2) is 4.64. The van der Waals surface area contributed by atoms with E-state index >= 15 is 0 Å². The van der Waals surface area contributed by atoms with Gasteiger partial charge in [0.1, 0.15) is 5.75 Å². The molecule has 1 aliphatic rings. The Labute approximate surface area is 90.0 Å². The van der Waals surface area contributed by atoms with Crippen LogP contribution < -0.4 is 0 Å². The number of nitrogens with zero attached hydrogens (tertiary/aromatic N) is 1. The van der Waals surface area contributed by atoms with Crippen LogP contribution >= 0.6 is 0 Å². The van der Waals surface area contributed by atoms with Crippen molar-refractivity contribution in [3.8, 4) is 5.75 Å². The number of likely N-dealkylation sites (tertiary alicyclic amines) is 1. The number of β-amino-alcohol motifs (C(OH)–C–C–N with tert-alkyl or cyclic N) is 1. The molecule has 0 unspecified atom stereocenters. The molecule has 3 nitrogen and oxygen atoms in total. The third-order valence-electron chi connectivity index (χ3n) is 2.87. The third-order valence-corrected chi connectivity index (χ3v) is 2.87. The van der Waals surface area contributed by atoms with Gasteiger partial charge in [0.15, 0.2) is 0 Å². The largest absolute Gasteiger partial charge is 0.508 e. The number of aromatic hydroxyl groups is 1. The number of aliphatic hydroxyl groups excluding tert-OH is 1. The minimum Gasteiger partial charge on any atom is -0.508 e. The Balaban J connectivity index is 1.99. The third kappa shape index (κ3) is 2.70. The van der Waals surface area contributed by atoms with Gasteiger partial charge in [-0.15, -0.1) is 0 Å². The van der Waals surface area contributed by atoms with Gasteiger partial charge >= 0.3 is 0 Å². The van der Waals surface area contributed by atoms with Gasteiger partial charge in [0.2, 0.25) is 0 Å². The van der Waals surface area contributed by atoms with Gasteiger partial charge in [-0.1, -0.05) is 18.2 Å². The van der Waals surface area contributed by atoms with Crippen LogP contribution in [-0.2, 0) is 6.54 Å². The average Bonchev–Trinajstić information content (AvgIpc) is 2.22. The molecule has 1 heterocycles. The first kappa shape index (κ1) is 10.5. The maximum Gasteiger partial charge on any atom is 0.120 e. The highest BCUT2D eigenvalue weighted by atomic mass is 16.3. The summed E-state index contributed by atoms with van der Waals surface area (Å²) in [6.07, 6.45) is 1.73. The summed E-state index contributed by atoms with van der Waals surface area (Å²) in [6, 6.07) is 7.38. The van der Waals surface area contributed by atoms with E-state index in [0.29, 0.717) is 12.3 Å². The van der Waals surface area contributed by atoms with Crippen molar-refractivity contribution >= 4 is 0 Å². The molecule has 1 aromatic carbocycles. The number of para-hydroxylation sites is 1. The topological polar surface area (TPSA) is 43.7 Å². The number of piperidine rings is 1. The minimum absolute atomic E-state index is 0.204. The number of benzene rings is 1. The van der Waals surface area contributed by atoms with E-state index in [4.69, 9.17) is 0 Å². The van der Waals surface area contributed by atoms with E-state index in [-0.39, 0.29) is 6.10 Å². The molecule has 0 aromatic heterocycles. The fraction of sp³-hybridized carbons (Fsp3) is 0.500. The molecule has 1 aromatic rings. The lowest BCUT2D eigenvalue weighted by Gasteiger charge is -2.30. The van der Waals surface area contributed by atoms with E-state index in [1.807, 2.05) is 18.2 Å². The standard InChI is InChI=1S/C12H17NO2/c14-11-5-3-7-13(9-11)8-10-4-1-2-6-12(10)15/h1-2,4,6,11,14-15H,3,5,7-9H2/t11-/m1/s1. The molecule has 0 spiro atoms. The van der Waals surface area contributed by atoms with Crippen molar-refractivity contribution < 1.29 is 10.2 Å². The number of hydrogen-bond acceptors (Lipinski definition) is 3. The Hall–Kier alpha value is -1.06. The molecule has 2 N–H and O–H groups in total. The van der Waals surface area contributed by atoms with Crippen LogP contribution in [0.15, 0.2) is 24.3 Å². The zero-order chi connectivity index (χ0) is 10.7. The van der Waals surface area contributed by atoms with Crippen molar-refractivity contribution in [1.82, 2.24) is 4.90 Å². The Bertz CT molecular complexity index is 327. The van der Waals surface area contributed by atoms with E-state index in [9.17, 15) is 10.2 Å². The molecule has 0 aliphatic carbocycles. The molecule has 15 heavy (non-hydrogen) atoms. The van der Waals surface area contributed by atoms with E-state index in [1.54, 1.807) is 6.07 Å². The van der Waals surface area contributed by atoms with Crippen LogP contribution in [0.4, 0.5) is 0 Å². The van der Waals surface area contributed by atoms with Crippen molar-refractivity contribution in [2.24, 2.45) is 0 Å². The highest BCUT2D eigenvalue weighted by molar-refractivity contribution is 5.31. The van der Waals surface area contributed by atoms with Crippen LogP contribution in [-0.4, -0.2) is 34.3 Å². The van der Waals surface area contributed by atoms with Crippen LogP contribution in [0.2, 0.25) is 0 Å². The molecular formula is C12H17NO2. The molecule has 82 valence electrons. The fourth-order valence-corrected chi connectivity index (χ4v) is 2.06. The van der Waals surface area contributed by atoms with Crippen molar-refractivity contribution in [1.29, 1.82) is 0 Å². The highest BCUT2D eigenvalue weighted by Gasteiger charge is 2.18. The zero-order valence-corrected chi connectivity index (χ0v) is 8.76. The van der Waals surface area contributed by atoms with Crippen LogP contribution in [0.25, 0.3) is 0 Å². The summed E-state index contributed by atoms with van der Waals surface area (Å²) >= 11 is 0. The predicted molar refractivity (Wildman–Crippen MR) is 58.6 cm³/mol. The predicted octanol–water partition coefficient (Wildman–Crippen LogP) is 1.35. The van der Waals surface area contributed by atoms with Gasteiger partial charge in [0.05, 0.1) is 6.10 Å². The molecule has 0 radical (unpaired) electrons. The fourth-order valence-electron chi connectivity index (χ4n) is 2.06. The second-order valence-electron chi connectivity index (χ2n) is 4.16. The van der Waals surface area contributed by atoms with E-state index in [0.717, 1.165) is 31.5 Å². The first-order valence-corrected chi connectivity index (χ1v) is 5.43. The summed E-state index contributed by atoms with van der Waals surface area (Å²) < 4.78 is 0. The number of aliphatic hydroxyl groups is 1. The van der Waals surface area contributed by atoms with Crippen LogP contribution in [0.5, 0.6) is 5.75 Å². The number of hydrogen-bond donors (Lipinski definition) is 2. The smallest absolute Gasteiger partial charge is 0.120 e. The first-order chi connectivity index (χ1) is 7.25. The molecule has 3 heteroatoms. The van der Waals surface area contributed by atoms with E-state index in [1.165, 1.54) is 0 Å². The average molecular weight is 207 g/mol. The minimum atomic E-state index is -0.204. The van der Waals surface area contributed by atoms with E-state index < -0.39 is 0 Å². The number of phenols is 1. The molecular weight excluding hydrogens is 190 g/mol. The Morgan fingerprint density at radius 3 is 2.87 bits per heavy atom. The van der Waals surface area contributed by atoms with Gasteiger partial charge in [-0.25, -0.2) is 0 Å². The Morgan fingerprint density at radius 2 is 2.13 bits per heavy atom. The monoisotopic (exact) mass is 207 g/mol. The molecule has 1 aliphatic heterocycles. The maximum atomic E-state index is 9.62. The SMILES string of the molecule is Oc1ccccc1CN1CCC[C@@H](O)C1. The van der Waals surface area contributed by atoms with Crippen molar-refractivity contribution in [3.63, 3.8) is 0 Å². The van der Waals surface area contributed by atoms with Gasteiger partial charge in [-0.2, -0.15) is 0 Å². The van der Waals surface area contributed by atoms with Crippen molar-refractivity contribution in [2.45, 2.75) is 25.5 Å². The molecule has 1 atom stereocenters. The first-order valence-electron chi connectivity index (χ1n) is 5.43. The summed E-state index contributed by atoms with van der Waals surface area (Å²) in [7, 11) is 0. The van der Waals surface area contributed by atoms with Crippen LogP contribution in [0, 0.1) is 0 Å². The highest BCUT2D eigenvalue weighted by Crippen LogP contribution is 2.20. The van der Waals surface area contributed by atoms with Gasteiger partial charge in [-0.3, -0.25) is 4.90 Å². The summed E-state index contributed by atoms with van der Waals surface area (Å²) in [5.41, 5.74) is 0.937. The number of phenolic OH excluding ortho intramolecular Hbond substituents is 1. The lowest BCUT2D eigenvalue weighted by molar-refractivity contribution is 0.0664. The molecule has 0 bridgehead atoms. The normalized spacial score (nSPS) is 22.9. The molecule has 2 rings (SSSR count). The summed E-state index contributed by atoms with van der Waals surface area (Å²) in [6.45, 7) is 2.45. The van der Waals surface area contributed by atoms with Crippen LogP contribution in [0.1, 0.15) is 18.4 Å². The second-order valence-corrected chi connectivity index (χ2v) is 4.16. The van der Waals surface area contributed by atoms with Gasteiger partial charge in [-0.05, 0) is 25.5 Å². The van der Waals surface area contributed by atoms with Crippen molar-refractivity contribution in [2.75, 3.05) is 13.1 Å². The Kier molecular flexibility index (Phi) is 3.23. The van der Waals surface area contributed by atoms with Gasteiger partial charge in [0, 0.05) is 18.7 Å². The number of rotatable bonds is 2. The molecule has 0 amide bonds. The van der Waals surface area contributed by atoms with E-state index in [2.05, 4.69) is 4.90 Å². The summed E-state index contributed by atoms with van der Waals surface area (Å²) in [5.74, 6) is 0.345. The maximum absolute atomic E-state index is 9.62. The quantitative estimate of drug-likeness (QED) is 0.769. The van der Waals surface area contributed by atoms with Gasteiger partial charge in [0.25, 0.3) is 0 Å². The molecule has 1 saturated heterocycles. The lowest BCUT2D eigenvalue weighted by Crippen LogP contribution is -2.37. The van der Waals surface area contributed by atoms with Crippen molar-refractivity contribution in [3.05, 3.63) is 29.8 Å². The summed E-state index contributed by atoms with van der Waals surface area (Å²) in [4.78, 5) is 2.18. The van der Waals surface area contributed by atoms with Crippen LogP contribution in [0.3, 0.4) is 0 Å². The summed E-state index contributed by atoms with van der Waals surface area (Å²) in [5, 5.41) is 19.1. The van der Waals surface area contributed by atoms with Gasteiger partial charge < -0.3 is 10.2 Å². The zero-order valence-electron chi connectivity index (χ0n) is 8.76. The molecule has 1 fully saturated rings.